The zero-order valence-electron chi connectivity index (χ0n) is 13.2. The topological polar surface area (TPSA) is 33.4 Å². The Kier molecular flexibility index (Phi) is 5.27. The molecule has 1 saturated heterocycles. The summed E-state index contributed by atoms with van der Waals surface area (Å²) in [5.41, 5.74) is -0.546. The van der Waals surface area contributed by atoms with Crippen molar-refractivity contribution in [1.29, 1.82) is 0 Å². The van der Waals surface area contributed by atoms with Gasteiger partial charge in [0.05, 0.1) is 10.6 Å². The van der Waals surface area contributed by atoms with Crippen molar-refractivity contribution in [2.24, 2.45) is 0 Å². The smallest absolute Gasteiger partial charge is 0.303 e. The number of aromatic nitrogens is 3. The fourth-order valence-corrected chi connectivity index (χ4v) is 4.18. The van der Waals surface area contributed by atoms with Crippen LogP contribution in [-0.4, -0.2) is 44.9 Å². The highest BCUT2D eigenvalue weighted by Crippen LogP contribution is 2.33. The Hall–Kier alpha value is -0.990. The van der Waals surface area contributed by atoms with Gasteiger partial charge in [-0.25, -0.2) is 0 Å². The highest BCUT2D eigenvalue weighted by Gasteiger charge is 2.32. The van der Waals surface area contributed by atoms with E-state index in [0.29, 0.717) is 11.2 Å². The Labute approximate surface area is 147 Å². The third kappa shape index (κ3) is 3.81. The van der Waals surface area contributed by atoms with E-state index in [-0.39, 0.29) is 10.7 Å². The van der Waals surface area contributed by atoms with Crippen LogP contribution in [0.5, 0.6) is 0 Å². The van der Waals surface area contributed by atoms with Gasteiger partial charge < -0.3 is 4.90 Å². The van der Waals surface area contributed by atoms with E-state index >= 15 is 0 Å². The fourth-order valence-electron chi connectivity index (χ4n) is 2.98. The summed E-state index contributed by atoms with van der Waals surface area (Å²) in [5, 5.41) is 8.29. The second-order valence-electron chi connectivity index (χ2n) is 6.02. The quantitative estimate of drug-likeness (QED) is 0.740. The van der Waals surface area contributed by atoms with Gasteiger partial charge >= 0.3 is 6.18 Å². The maximum atomic E-state index is 12.9. The number of alkyl halides is 3. The Morgan fingerprint density at radius 3 is 2.83 bits per heavy atom. The fraction of sp³-hybridized carbons (Fsp3) is 0.600. The predicted molar refractivity (Wildman–Crippen MR) is 88.6 cm³/mol. The zero-order chi connectivity index (χ0) is 17.3. The van der Waals surface area contributed by atoms with Crippen LogP contribution in [0, 0.1) is 0 Å². The first-order valence-electron chi connectivity index (χ1n) is 7.81. The molecule has 0 amide bonds. The summed E-state index contributed by atoms with van der Waals surface area (Å²) in [7, 11) is 2.12. The van der Waals surface area contributed by atoms with Crippen molar-refractivity contribution in [2.45, 2.75) is 43.1 Å². The van der Waals surface area contributed by atoms with Crippen molar-refractivity contribution in [2.75, 3.05) is 19.3 Å². The van der Waals surface area contributed by atoms with Crippen molar-refractivity contribution >= 4 is 29.0 Å². The molecule has 0 aliphatic carbocycles. The van der Waals surface area contributed by atoms with Gasteiger partial charge in [0, 0.05) is 18.0 Å². The molecule has 1 unspecified atom stereocenters. The van der Waals surface area contributed by atoms with E-state index in [9.17, 15) is 13.2 Å². The molecule has 0 N–H and O–H groups in total. The molecular formula is C15H18ClF3N4S. The molecule has 0 saturated carbocycles. The molecular weight excluding hydrogens is 361 g/mol. The SMILES string of the molecule is CN1CCCCC1CCSc1nnc2c(Cl)cc(C(F)(F)F)cn12. The summed E-state index contributed by atoms with van der Waals surface area (Å²) in [5.74, 6) is 0.781. The lowest BCUT2D eigenvalue weighted by Crippen LogP contribution is -2.36. The number of likely N-dealkylation sites (tertiary alicyclic amines) is 1. The van der Waals surface area contributed by atoms with Crippen molar-refractivity contribution < 1.29 is 13.2 Å². The van der Waals surface area contributed by atoms with Crippen LogP contribution in [0.4, 0.5) is 13.2 Å². The van der Waals surface area contributed by atoms with Gasteiger partial charge in [-0.2, -0.15) is 13.2 Å². The maximum absolute atomic E-state index is 12.9. The van der Waals surface area contributed by atoms with Crippen molar-refractivity contribution in [3.8, 4) is 0 Å². The molecule has 2 aromatic heterocycles. The van der Waals surface area contributed by atoms with Gasteiger partial charge in [-0.3, -0.25) is 4.40 Å². The van der Waals surface area contributed by atoms with Crippen LogP contribution in [0.2, 0.25) is 5.02 Å². The second-order valence-corrected chi connectivity index (χ2v) is 7.49. The Balaban J connectivity index is 1.74. The number of pyridine rings is 1. The van der Waals surface area contributed by atoms with Crippen molar-refractivity contribution in [1.82, 2.24) is 19.5 Å². The molecule has 0 spiro atoms. The first kappa shape index (κ1) is 17.8. The number of nitrogens with zero attached hydrogens (tertiary/aromatic N) is 4. The van der Waals surface area contributed by atoms with E-state index < -0.39 is 11.7 Å². The lowest BCUT2D eigenvalue weighted by Gasteiger charge is -2.32. The van der Waals surface area contributed by atoms with Crippen LogP contribution in [0.25, 0.3) is 5.65 Å². The number of hydrogen-bond donors (Lipinski definition) is 0. The number of thioether (sulfide) groups is 1. The van der Waals surface area contributed by atoms with Crippen LogP contribution < -0.4 is 0 Å². The van der Waals surface area contributed by atoms with E-state index in [1.807, 2.05) is 0 Å². The Morgan fingerprint density at radius 1 is 1.33 bits per heavy atom. The number of rotatable bonds is 4. The summed E-state index contributed by atoms with van der Waals surface area (Å²) in [4.78, 5) is 2.35. The molecule has 1 aliphatic rings. The molecule has 2 aromatic rings. The third-order valence-electron chi connectivity index (χ3n) is 4.36. The zero-order valence-corrected chi connectivity index (χ0v) is 14.8. The highest BCUT2D eigenvalue weighted by atomic mass is 35.5. The van der Waals surface area contributed by atoms with E-state index in [2.05, 4.69) is 22.1 Å². The van der Waals surface area contributed by atoms with Gasteiger partial charge in [0.25, 0.3) is 0 Å². The van der Waals surface area contributed by atoms with Gasteiger partial charge in [-0.15, -0.1) is 10.2 Å². The Morgan fingerprint density at radius 2 is 2.12 bits per heavy atom. The molecule has 0 aromatic carbocycles. The summed E-state index contributed by atoms with van der Waals surface area (Å²) in [6.45, 7) is 1.10. The van der Waals surface area contributed by atoms with Gasteiger partial charge in [0.2, 0.25) is 0 Å². The van der Waals surface area contributed by atoms with E-state index in [1.54, 1.807) is 0 Å². The molecule has 3 rings (SSSR count). The van der Waals surface area contributed by atoms with Gasteiger partial charge in [-0.05, 0) is 38.9 Å². The summed E-state index contributed by atoms with van der Waals surface area (Å²) >= 11 is 7.33. The molecule has 132 valence electrons. The van der Waals surface area contributed by atoms with E-state index in [4.69, 9.17) is 11.6 Å². The van der Waals surface area contributed by atoms with Gasteiger partial charge in [-0.1, -0.05) is 29.8 Å². The normalized spacial score (nSPS) is 20.0. The van der Waals surface area contributed by atoms with Crippen molar-refractivity contribution in [3.05, 3.63) is 22.8 Å². The maximum Gasteiger partial charge on any atom is 0.417 e. The first-order chi connectivity index (χ1) is 11.4. The molecule has 0 bridgehead atoms. The minimum atomic E-state index is -4.45. The van der Waals surface area contributed by atoms with E-state index in [1.165, 1.54) is 35.4 Å². The summed E-state index contributed by atoms with van der Waals surface area (Å²) < 4.78 is 40.2. The van der Waals surface area contributed by atoms with Gasteiger partial charge in [0.1, 0.15) is 0 Å². The number of fused-ring (bicyclic) bond motifs is 1. The predicted octanol–water partition coefficient (Wildman–Crippen LogP) is 4.37. The van der Waals surface area contributed by atoms with Crippen molar-refractivity contribution in [3.63, 3.8) is 0 Å². The number of hydrogen-bond acceptors (Lipinski definition) is 4. The molecule has 3 heterocycles. The largest absolute Gasteiger partial charge is 0.417 e. The highest BCUT2D eigenvalue weighted by molar-refractivity contribution is 7.99. The van der Waals surface area contributed by atoms with Gasteiger partial charge in [0.15, 0.2) is 10.8 Å². The average Bonchev–Trinajstić information content (AvgIpc) is 2.92. The lowest BCUT2D eigenvalue weighted by atomic mass is 10.0. The lowest BCUT2D eigenvalue weighted by molar-refractivity contribution is -0.137. The van der Waals surface area contributed by atoms with Crippen LogP contribution in [0.1, 0.15) is 31.2 Å². The van der Waals surface area contributed by atoms with Crippen LogP contribution in [-0.2, 0) is 6.18 Å². The third-order valence-corrected chi connectivity index (χ3v) is 5.61. The standard InChI is InChI=1S/C15H18ClF3N4S/c1-22-6-3-2-4-11(22)5-7-24-14-21-20-13-12(16)8-10(9-23(13)14)15(17,18)19/h8-9,11H,2-7H2,1H3. The molecule has 1 atom stereocenters. The van der Waals surface area contributed by atoms with Crippen LogP contribution in [0.15, 0.2) is 17.4 Å². The van der Waals surface area contributed by atoms with Crippen LogP contribution >= 0.6 is 23.4 Å². The Bertz CT molecular complexity index is 719. The molecule has 0 radical (unpaired) electrons. The van der Waals surface area contributed by atoms with Crippen LogP contribution in [0.3, 0.4) is 0 Å². The van der Waals surface area contributed by atoms with E-state index in [0.717, 1.165) is 31.0 Å². The molecule has 1 aliphatic heterocycles. The molecule has 1 fully saturated rings. The summed E-state index contributed by atoms with van der Waals surface area (Å²) in [6.07, 6.45) is 1.17. The first-order valence-corrected chi connectivity index (χ1v) is 9.17. The second kappa shape index (κ2) is 7.09. The summed E-state index contributed by atoms with van der Waals surface area (Å²) in [6, 6.07) is 1.41. The minimum absolute atomic E-state index is 0.0452. The minimum Gasteiger partial charge on any atom is -0.303 e. The monoisotopic (exact) mass is 378 g/mol. The molecule has 24 heavy (non-hydrogen) atoms. The molecule has 4 nitrogen and oxygen atoms in total. The number of piperidine rings is 1. The molecule has 9 heteroatoms. The average molecular weight is 379 g/mol. The number of halogens is 4.